The maximum atomic E-state index is 13.0. The van der Waals surface area contributed by atoms with Crippen molar-refractivity contribution in [2.45, 2.75) is 50.6 Å². The predicted molar refractivity (Wildman–Crippen MR) is 105 cm³/mol. The lowest BCUT2D eigenvalue weighted by Gasteiger charge is -2.35. The first-order valence-corrected chi connectivity index (χ1v) is 9.79. The highest BCUT2D eigenvalue weighted by Crippen LogP contribution is 2.39. The van der Waals surface area contributed by atoms with Gasteiger partial charge in [-0.05, 0) is 25.3 Å². The number of carbonyl (C=O) groups excluding carboxylic acids is 3. The van der Waals surface area contributed by atoms with Gasteiger partial charge in [0.1, 0.15) is 12.1 Å². The molecule has 1 aliphatic carbocycles. The molecule has 1 spiro atoms. The zero-order valence-electron chi connectivity index (χ0n) is 17.0. The van der Waals surface area contributed by atoms with Crippen molar-refractivity contribution in [3.8, 4) is 0 Å². The summed E-state index contributed by atoms with van der Waals surface area (Å²) in [5.41, 5.74) is -0.268. The fraction of sp³-hybridized carbons (Fsp3) is 0.550. The molecule has 1 atom stereocenters. The van der Waals surface area contributed by atoms with Gasteiger partial charge in [0.2, 0.25) is 5.91 Å². The molecule has 3 rings (SSSR count). The van der Waals surface area contributed by atoms with Crippen LogP contribution in [-0.2, 0) is 9.59 Å². The van der Waals surface area contributed by atoms with E-state index in [1.54, 1.807) is 33.2 Å². The van der Waals surface area contributed by atoms with Crippen LogP contribution in [0, 0.1) is 10.1 Å². The van der Waals surface area contributed by atoms with Crippen molar-refractivity contribution < 1.29 is 19.3 Å². The maximum Gasteiger partial charge on any atom is 0.327 e. The van der Waals surface area contributed by atoms with Crippen LogP contribution < -0.4 is 0 Å². The highest BCUT2D eigenvalue weighted by molar-refractivity contribution is 6.08. The number of rotatable bonds is 5. The number of hydrogen-bond acceptors (Lipinski definition) is 5. The van der Waals surface area contributed by atoms with E-state index in [1.165, 1.54) is 21.9 Å². The number of nitro benzene ring substituents is 1. The minimum Gasteiger partial charge on any atom is -0.337 e. The molecule has 0 radical (unpaired) electrons. The van der Waals surface area contributed by atoms with E-state index in [2.05, 4.69) is 0 Å². The molecule has 2 aliphatic rings. The van der Waals surface area contributed by atoms with Gasteiger partial charge in [0.05, 0.1) is 11.0 Å². The largest absolute Gasteiger partial charge is 0.337 e. The van der Waals surface area contributed by atoms with E-state index in [0.717, 1.165) is 24.2 Å². The number of hydrogen-bond donors (Lipinski definition) is 0. The van der Waals surface area contributed by atoms with Crippen molar-refractivity contribution >= 4 is 23.5 Å². The molecule has 0 N–H and O–H groups in total. The first-order valence-electron chi connectivity index (χ1n) is 9.79. The fourth-order valence-corrected chi connectivity index (χ4v) is 4.26. The number of likely N-dealkylation sites (N-methyl/N-ethyl adjacent to an activating group) is 2. The fourth-order valence-electron chi connectivity index (χ4n) is 4.26. The topological polar surface area (TPSA) is 104 Å². The molecule has 9 heteroatoms. The quantitative estimate of drug-likeness (QED) is 0.428. The molecule has 1 aromatic rings. The van der Waals surface area contributed by atoms with Crippen molar-refractivity contribution in [3.63, 3.8) is 0 Å². The van der Waals surface area contributed by atoms with Gasteiger partial charge in [-0.3, -0.25) is 24.6 Å². The van der Waals surface area contributed by atoms with Crippen LogP contribution >= 0.6 is 0 Å². The van der Waals surface area contributed by atoms with Gasteiger partial charge >= 0.3 is 6.03 Å². The van der Waals surface area contributed by atoms with Crippen LogP contribution in [0.5, 0.6) is 0 Å². The van der Waals surface area contributed by atoms with Crippen LogP contribution in [0.25, 0.3) is 0 Å². The Labute approximate surface area is 169 Å². The Kier molecular flexibility index (Phi) is 5.59. The summed E-state index contributed by atoms with van der Waals surface area (Å²) < 4.78 is 0. The van der Waals surface area contributed by atoms with Crippen LogP contribution in [0.15, 0.2) is 24.3 Å². The Balaban J connectivity index is 1.74. The van der Waals surface area contributed by atoms with E-state index in [9.17, 15) is 24.5 Å². The number of benzene rings is 1. The molecule has 156 valence electrons. The monoisotopic (exact) mass is 402 g/mol. The molecule has 0 aromatic heterocycles. The molecular weight excluding hydrogens is 376 g/mol. The second-order valence-electron chi connectivity index (χ2n) is 7.86. The zero-order chi connectivity index (χ0) is 21.3. The minimum absolute atomic E-state index is 0.0547. The molecule has 1 aliphatic heterocycles. The molecule has 9 nitrogen and oxygen atoms in total. The normalized spacial score (nSPS) is 19.6. The number of carbonyl (C=O) groups is 3. The second kappa shape index (κ2) is 7.81. The van der Waals surface area contributed by atoms with E-state index < -0.39 is 28.4 Å². The summed E-state index contributed by atoms with van der Waals surface area (Å²) in [7, 11) is 3.20. The molecule has 4 amide bonds. The van der Waals surface area contributed by atoms with Gasteiger partial charge in [0.15, 0.2) is 0 Å². The Hall–Kier alpha value is -2.97. The lowest BCUT2D eigenvalue weighted by atomic mass is 9.81. The molecule has 1 saturated carbocycles. The van der Waals surface area contributed by atoms with Crippen molar-refractivity contribution in [1.29, 1.82) is 0 Å². The Morgan fingerprint density at radius 2 is 1.93 bits per heavy atom. The molecule has 1 saturated heterocycles. The van der Waals surface area contributed by atoms with Crippen molar-refractivity contribution in [2.75, 3.05) is 20.6 Å². The summed E-state index contributed by atoms with van der Waals surface area (Å²) in [6.45, 7) is 1.42. The lowest BCUT2D eigenvalue weighted by Crippen LogP contribution is -2.49. The number of nitrogens with zero attached hydrogens (tertiary/aromatic N) is 4. The van der Waals surface area contributed by atoms with Crippen LogP contribution in [0.1, 0.15) is 50.6 Å². The highest BCUT2D eigenvalue weighted by Gasteiger charge is 2.56. The maximum absolute atomic E-state index is 13.0. The summed E-state index contributed by atoms with van der Waals surface area (Å²) in [6, 6.07) is 5.19. The average molecular weight is 402 g/mol. The molecular formula is C20H26N4O5. The Bertz CT molecular complexity index is 849. The standard InChI is InChI=1S/C20H26N4O5/c1-14(15-8-7-9-16(12-15)24(28)29)21(2)17(25)13-23-18(26)20(22(3)19(23)27)10-5-4-6-11-20/h7-9,12,14H,4-6,10-11,13H2,1-3H3. The van der Waals surface area contributed by atoms with Crippen LogP contribution in [0.3, 0.4) is 0 Å². The van der Waals surface area contributed by atoms with Crippen molar-refractivity contribution in [1.82, 2.24) is 14.7 Å². The van der Waals surface area contributed by atoms with Gasteiger partial charge in [0.25, 0.3) is 11.6 Å². The number of non-ortho nitro benzene ring substituents is 1. The summed E-state index contributed by atoms with van der Waals surface area (Å²) in [4.78, 5) is 53.0. The van der Waals surface area contributed by atoms with Gasteiger partial charge in [-0.25, -0.2) is 4.79 Å². The third-order valence-corrected chi connectivity index (χ3v) is 6.31. The van der Waals surface area contributed by atoms with E-state index in [1.807, 2.05) is 0 Å². The summed E-state index contributed by atoms with van der Waals surface area (Å²) in [5, 5.41) is 11.0. The Morgan fingerprint density at radius 3 is 2.55 bits per heavy atom. The number of imide groups is 1. The van der Waals surface area contributed by atoms with Gasteiger partial charge in [0, 0.05) is 26.2 Å². The first-order chi connectivity index (χ1) is 13.7. The number of amides is 4. The van der Waals surface area contributed by atoms with Crippen molar-refractivity contribution in [2.24, 2.45) is 0 Å². The highest BCUT2D eigenvalue weighted by atomic mass is 16.6. The van der Waals surface area contributed by atoms with E-state index in [0.29, 0.717) is 18.4 Å². The Morgan fingerprint density at radius 1 is 1.28 bits per heavy atom. The molecule has 1 unspecified atom stereocenters. The minimum atomic E-state index is -0.820. The van der Waals surface area contributed by atoms with Crippen LogP contribution in [0.4, 0.5) is 10.5 Å². The molecule has 2 fully saturated rings. The summed E-state index contributed by atoms with van der Waals surface area (Å²) >= 11 is 0. The molecule has 29 heavy (non-hydrogen) atoms. The van der Waals surface area contributed by atoms with E-state index >= 15 is 0 Å². The van der Waals surface area contributed by atoms with E-state index in [4.69, 9.17) is 0 Å². The third-order valence-electron chi connectivity index (χ3n) is 6.31. The van der Waals surface area contributed by atoms with Crippen molar-refractivity contribution in [3.05, 3.63) is 39.9 Å². The molecule has 1 aromatic carbocycles. The third kappa shape index (κ3) is 3.56. The summed E-state index contributed by atoms with van der Waals surface area (Å²) in [5.74, 6) is -0.693. The number of nitro groups is 1. The van der Waals surface area contributed by atoms with Gasteiger partial charge in [-0.2, -0.15) is 0 Å². The molecule has 0 bridgehead atoms. The van der Waals surface area contributed by atoms with Crippen LogP contribution in [-0.4, -0.2) is 63.6 Å². The SMILES string of the molecule is CC(c1cccc([N+](=O)[O-])c1)N(C)C(=O)CN1C(=O)N(C)C2(CCCCC2)C1=O. The predicted octanol–water partition coefficient (Wildman–Crippen LogP) is 2.71. The first kappa shape index (κ1) is 20.8. The summed E-state index contributed by atoms with van der Waals surface area (Å²) in [6.07, 6.45) is 4.06. The smallest absolute Gasteiger partial charge is 0.327 e. The molecule has 1 heterocycles. The number of urea groups is 1. The van der Waals surface area contributed by atoms with Gasteiger partial charge in [-0.1, -0.05) is 31.4 Å². The van der Waals surface area contributed by atoms with E-state index in [-0.39, 0.29) is 18.1 Å². The lowest BCUT2D eigenvalue weighted by molar-refractivity contribution is -0.384. The van der Waals surface area contributed by atoms with Gasteiger partial charge in [-0.15, -0.1) is 0 Å². The second-order valence-corrected chi connectivity index (χ2v) is 7.86. The van der Waals surface area contributed by atoms with Gasteiger partial charge < -0.3 is 9.80 Å². The average Bonchev–Trinajstić information content (AvgIpc) is 2.89. The zero-order valence-corrected chi connectivity index (χ0v) is 17.0. The van der Waals surface area contributed by atoms with Crippen LogP contribution in [0.2, 0.25) is 0 Å².